The highest BCUT2D eigenvalue weighted by Gasteiger charge is 2.28. The molecule has 1 aromatic carbocycles. The first-order chi connectivity index (χ1) is 11.7. The Morgan fingerprint density at radius 1 is 1.33 bits per heavy atom. The van der Waals surface area contributed by atoms with Gasteiger partial charge in [-0.25, -0.2) is 9.97 Å². The summed E-state index contributed by atoms with van der Waals surface area (Å²) in [5.74, 6) is 0.675. The molecule has 1 unspecified atom stereocenters. The molecule has 1 aliphatic heterocycles. The van der Waals surface area contributed by atoms with Crippen molar-refractivity contribution >= 4 is 27.5 Å². The molecule has 0 N–H and O–H groups in total. The van der Waals surface area contributed by atoms with E-state index in [1.807, 2.05) is 48.2 Å². The minimum absolute atomic E-state index is 0.00427. The van der Waals surface area contributed by atoms with Crippen LogP contribution in [0.5, 0.6) is 5.88 Å². The van der Waals surface area contributed by atoms with Crippen LogP contribution in [0.15, 0.2) is 41.9 Å². The van der Waals surface area contributed by atoms with Gasteiger partial charge in [0.25, 0.3) is 5.91 Å². The number of carbonyl (C=O) groups excluding carboxylic acids is 1. The molecule has 3 heterocycles. The number of thiazole rings is 1. The summed E-state index contributed by atoms with van der Waals surface area (Å²) in [6.07, 6.45) is 0.819. The molecule has 1 saturated heterocycles. The number of hydrogen-bond acceptors (Lipinski definition) is 5. The smallest absolute Gasteiger partial charge is 0.254 e. The molecule has 0 spiro atoms. The van der Waals surface area contributed by atoms with Gasteiger partial charge in [0.15, 0.2) is 0 Å². The molecule has 3 aromatic rings. The second kappa shape index (κ2) is 6.20. The summed E-state index contributed by atoms with van der Waals surface area (Å²) in [6, 6.07) is 11.4. The average Bonchev–Trinajstić information content (AvgIpc) is 3.22. The highest BCUT2D eigenvalue weighted by molar-refractivity contribution is 7.16. The van der Waals surface area contributed by atoms with Crippen molar-refractivity contribution in [1.29, 1.82) is 0 Å². The van der Waals surface area contributed by atoms with E-state index < -0.39 is 0 Å². The van der Waals surface area contributed by atoms with Crippen molar-refractivity contribution < 1.29 is 9.53 Å². The second-order valence-electron chi connectivity index (χ2n) is 5.93. The third-order valence-corrected chi connectivity index (χ3v) is 4.95. The maximum Gasteiger partial charge on any atom is 0.254 e. The Morgan fingerprint density at radius 3 is 3.12 bits per heavy atom. The Kier molecular flexibility index (Phi) is 3.90. The van der Waals surface area contributed by atoms with E-state index >= 15 is 0 Å². The normalized spacial score (nSPS) is 17.4. The SMILES string of the molecule is Cc1cccc(OC2CCN(C(=O)c3ccc4ncsc4c3)C2)n1. The standard InChI is InChI=1S/C18H17N3O2S/c1-12-3-2-4-17(20-12)23-14-7-8-21(10-14)18(22)13-5-6-15-16(9-13)24-11-19-15/h2-6,9,11,14H,7-8,10H2,1H3. The zero-order valence-corrected chi connectivity index (χ0v) is 14.1. The van der Waals surface area contributed by atoms with Crippen molar-refractivity contribution in [3.05, 3.63) is 53.2 Å². The van der Waals surface area contributed by atoms with Crippen LogP contribution in [-0.2, 0) is 0 Å². The van der Waals surface area contributed by atoms with Gasteiger partial charge >= 0.3 is 0 Å². The summed E-state index contributed by atoms with van der Waals surface area (Å²) < 4.78 is 6.96. The zero-order chi connectivity index (χ0) is 16.5. The summed E-state index contributed by atoms with van der Waals surface area (Å²) >= 11 is 1.55. The maximum atomic E-state index is 12.7. The van der Waals surface area contributed by atoms with Gasteiger partial charge in [-0.1, -0.05) is 6.07 Å². The van der Waals surface area contributed by atoms with E-state index in [1.165, 1.54) is 0 Å². The minimum atomic E-state index is -0.00427. The Labute approximate surface area is 143 Å². The molecule has 1 atom stereocenters. The lowest BCUT2D eigenvalue weighted by Crippen LogP contribution is -2.31. The summed E-state index contributed by atoms with van der Waals surface area (Å²) in [5.41, 5.74) is 4.37. The lowest BCUT2D eigenvalue weighted by atomic mass is 10.2. The van der Waals surface area contributed by atoms with E-state index in [0.717, 1.165) is 22.3 Å². The molecular weight excluding hydrogens is 322 g/mol. The van der Waals surface area contributed by atoms with E-state index in [-0.39, 0.29) is 12.0 Å². The van der Waals surface area contributed by atoms with Crippen LogP contribution < -0.4 is 4.74 Å². The zero-order valence-electron chi connectivity index (χ0n) is 13.3. The average molecular weight is 339 g/mol. The molecule has 24 heavy (non-hydrogen) atoms. The largest absolute Gasteiger partial charge is 0.472 e. The number of likely N-dealkylation sites (tertiary alicyclic amines) is 1. The number of ether oxygens (including phenoxy) is 1. The third kappa shape index (κ3) is 2.97. The number of hydrogen-bond donors (Lipinski definition) is 0. The lowest BCUT2D eigenvalue weighted by molar-refractivity contribution is 0.0771. The van der Waals surface area contributed by atoms with Gasteiger partial charge in [-0.05, 0) is 31.2 Å². The van der Waals surface area contributed by atoms with Gasteiger partial charge in [0, 0.05) is 30.3 Å². The van der Waals surface area contributed by atoms with Gasteiger partial charge < -0.3 is 9.64 Å². The predicted octanol–water partition coefficient (Wildman–Crippen LogP) is 3.29. The van der Waals surface area contributed by atoms with Crippen molar-refractivity contribution in [1.82, 2.24) is 14.9 Å². The molecule has 5 nitrogen and oxygen atoms in total. The Hall–Kier alpha value is -2.47. The van der Waals surface area contributed by atoms with E-state index in [9.17, 15) is 4.79 Å². The van der Waals surface area contributed by atoms with Crippen LogP contribution in [-0.4, -0.2) is 40.0 Å². The minimum Gasteiger partial charge on any atom is -0.472 e. The Balaban J connectivity index is 1.44. The van der Waals surface area contributed by atoms with E-state index in [1.54, 1.807) is 16.8 Å². The highest BCUT2D eigenvalue weighted by atomic mass is 32.1. The maximum absolute atomic E-state index is 12.7. The number of amides is 1. The number of rotatable bonds is 3. The number of aromatic nitrogens is 2. The fourth-order valence-corrected chi connectivity index (χ4v) is 3.65. The fraction of sp³-hybridized carbons (Fsp3) is 0.278. The quantitative estimate of drug-likeness (QED) is 0.735. The van der Waals surface area contributed by atoms with Gasteiger partial charge in [-0.3, -0.25) is 4.79 Å². The van der Waals surface area contributed by atoms with Crippen LogP contribution in [0.1, 0.15) is 22.5 Å². The first-order valence-corrected chi connectivity index (χ1v) is 8.80. The number of nitrogens with zero attached hydrogens (tertiary/aromatic N) is 3. The van der Waals surface area contributed by atoms with Gasteiger partial charge in [0.05, 0.1) is 22.3 Å². The fourth-order valence-electron chi connectivity index (χ4n) is 2.93. The Morgan fingerprint density at radius 2 is 2.25 bits per heavy atom. The summed E-state index contributed by atoms with van der Waals surface area (Å²) in [7, 11) is 0. The summed E-state index contributed by atoms with van der Waals surface area (Å²) in [6.45, 7) is 3.23. The molecule has 1 fully saturated rings. The van der Waals surface area contributed by atoms with Gasteiger partial charge in [-0.15, -0.1) is 11.3 Å². The van der Waals surface area contributed by atoms with Crippen LogP contribution in [0.25, 0.3) is 10.2 Å². The van der Waals surface area contributed by atoms with Crippen LogP contribution in [0, 0.1) is 6.92 Å². The molecule has 0 radical (unpaired) electrons. The number of carbonyl (C=O) groups is 1. The molecule has 1 aliphatic rings. The van der Waals surface area contributed by atoms with Crippen molar-refractivity contribution in [3.63, 3.8) is 0 Å². The summed E-state index contributed by atoms with van der Waals surface area (Å²) in [4.78, 5) is 23.2. The number of benzene rings is 1. The number of pyridine rings is 1. The number of aryl methyl sites for hydroxylation is 1. The molecule has 0 aliphatic carbocycles. The molecule has 2 aromatic heterocycles. The first kappa shape index (κ1) is 15.1. The monoisotopic (exact) mass is 339 g/mol. The van der Waals surface area contributed by atoms with E-state index in [2.05, 4.69) is 9.97 Å². The highest BCUT2D eigenvalue weighted by Crippen LogP contribution is 2.22. The van der Waals surface area contributed by atoms with Crippen molar-refractivity contribution in [2.24, 2.45) is 0 Å². The van der Waals surface area contributed by atoms with Gasteiger partial charge in [0.1, 0.15) is 6.10 Å². The van der Waals surface area contributed by atoms with Crippen LogP contribution in [0.4, 0.5) is 0 Å². The second-order valence-corrected chi connectivity index (χ2v) is 6.82. The van der Waals surface area contributed by atoms with E-state index in [0.29, 0.717) is 24.5 Å². The van der Waals surface area contributed by atoms with E-state index in [4.69, 9.17) is 4.74 Å². The number of fused-ring (bicyclic) bond motifs is 1. The topological polar surface area (TPSA) is 55.3 Å². The van der Waals surface area contributed by atoms with Crippen LogP contribution in [0.2, 0.25) is 0 Å². The molecule has 122 valence electrons. The third-order valence-electron chi connectivity index (χ3n) is 4.16. The van der Waals surface area contributed by atoms with Crippen molar-refractivity contribution in [2.45, 2.75) is 19.4 Å². The Bertz CT molecular complexity index is 893. The predicted molar refractivity (Wildman–Crippen MR) is 93.5 cm³/mol. The molecule has 6 heteroatoms. The van der Waals surface area contributed by atoms with Gasteiger partial charge in [0.2, 0.25) is 5.88 Å². The molecule has 0 bridgehead atoms. The molecule has 0 saturated carbocycles. The molecule has 1 amide bonds. The van der Waals surface area contributed by atoms with Crippen LogP contribution in [0.3, 0.4) is 0 Å². The van der Waals surface area contributed by atoms with Crippen molar-refractivity contribution in [3.8, 4) is 5.88 Å². The molecular formula is C18H17N3O2S. The summed E-state index contributed by atoms with van der Waals surface area (Å²) in [5, 5.41) is 0. The lowest BCUT2D eigenvalue weighted by Gasteiger charge is -2.17. The van der Waals surface area contributed by atoms with Crippen molar-refractivity contribution in [2.75, 3.05) is 13.1 Å². The molecule has 4 rings (SSSR count). The van der Waals surface area contributed by atoms with Gasteiger partial charge in [-0.2, -0.15) is 0 Å². The van der Waals surface area contributed by atoms with Crippen LogP contribution >= 0.6 is 11.3 Å². The first-order valence-electron chi connectivity index (χ1n) is 7.92.